The zero-order valence-electron chi connectivity index (χ0n) is 46.4. The standard InChI is InChI=1S/C48H79NO40/c50-2-10-34-19(59)27(67)43(76-10)85-36-12(4-52)78-45(29(69)21(36)61)87-38-14(6-54)80-47(31(71)23(38)63)89-40-16(8-56)81-48(32(72)24(40)64)88-39-15(7-55)79-46(30(70)22(39)62)86-37-13(5-53)77-44(28(68)20(37)60)84-35-11(3-51)75-42(26(66)18(35)58)82-33-9(1-49-73)74-41(83-34)25(65)17(33)57/h9-48,50-72H,1-8H2. The molecule has 0 spiro atoms. The van der Waals surface area contributed by atoms with Crippen LogP contribution in [-0.2, 0) is 75.8 Å². The van der Waals surface area contributed by atoms with Gasteiger partial charge in [-0.15, -0.1) is 0 Å². The van der Waals surface area contributed by atoms with Crippen LogP contribution in [0.2, 0.25) is 0 Å². The largest absolute Gasteiger partial charge is 0.394 e. The summed E-state index contributed by atoms with van der Waals surface area (Å²) in [6.45, 7) is -8.57. The molecule has 89 heavy (non-hydrogen) atoms. The van der Waals surface area contributed by atoms with Crippen LogP contribution in [0.15, 0.2) is 5.18 Å². The van der Waals surface area contributed by atoms with Crippen LogP contribution in [0.3, 0.4) is 0 Å². The number of aliphatic hydroxyl groups is 23. The molecule has 40 atom stereocenters. The van der Waals surface area contributed by atoms with Crippen LogP contribution in [0.25, 0.3) is 0 Å². The molecule has 30 saturated heterocycles. The van der Waals surface area contributed by atoms with Crippen molar-refractivity contribution in [2.75, 3.05) is 52.8 Å². The first kappa shape index (κ1) is 71.3. The highest BCUT2D eigenvalue weighted by Gasteiger charge is 2.60. The monoisotopic (exact) mass is 1310 g/mol. The molecule has 30 rings (SSSR count). The van der Waals surface area contributed by atoms with E-state index in [4.69, 9.17) is 75.8 Å². The van der Waals surface area contributed by atoms with Crippen LogP contribution >= 0.6 is 0 Å². The number of nitrogens with zero attached hydrogens (tertiary/aromatic N) is 1. The van der Waals surface area contributed by atoms with Gasteiger partial charge in [0.25, 0.3) is 0 Å². The normalized spacial score (nSPS) is 54.8. The van der Waals surface area contributed by atoms with Crippen molar-refractivity contribution in [1.29, 1.82) is 0 Å². The fourth-order valence-corrected chi connectivity index (χ4v) is 12.0. The first-order chi connectivity index (χ1) is 42.4. The topological polar surface area (TPSA) is 642 Å². The first-order valence-corrected chi connectivity index (χ1v) is 28.3. The molecule has 0 aliphatic carbocycles. The van der Waals surface area contributed by atoms with Gasteiger partial charge in [0, 0.05) is 0 Å². The third kappa shape index (κ3) is 14.2. The van der Waals surface area contributed by atoms with Gasteiger partial charge >= 0.3 is 0 Å². The molecule has 0 amide bonds. The second kappa shape index (κ2) is 30.4. The van der Waals surface area contributed by atoms with Crippen molar-refractivity contribution in [2.24, 2.45) is 5.18 Å². The Labute approximate surface area is 501 Å². The summed E-state index contributed by atoms with van der Waals surface area (Å²) in [5, 5.41) is 258. The van der Waals surface area contributed by atoms with E-state index in [0.29, 0.717) is 0 Å². The molecular weight excluding hydrogens is 1230 g/mol. The number of hydrogen-bond acceptors (Lipinski definition) is 41. The minimum absolute atomic E-state index is 0.941. The maximum Gasteiger partial charge on any atom is 0.187 e. The number of rotatable bonds is 9. The Morgan fingerprint density at radius 2 is 0.315 bits per heavy atom. The molecule has 30 fully saturated rings. The lowest BCUT2D eigenvalue weighted by Gasteiger charge is -2.50. The summed E-state index contributed by atoms with van der Waals surface area (Å²) in [7, 11) is 0. The Kier molecular flexibility index (Phi) is 24.4. The average Bonchev–Trinajstić information content (AvgIpc) is 1.06. The lowest BCUT2D eigenvalue weighted by molar-refractivity contribution is -0.403. The molecule has 0 aromatic heterocycles. The van der Waals surface area contributed by atoms with E-state index < -0.39 is 298 Å². The van der Waals surface area contributed by atoms with Gasteiger partial charge in [0.15, 0.2) is 50.3 Å². The van der Waals surface area contributed by atoms with Crippen molar-refractivity contribution < 1.29 is 193 Å². The average molecular weight is 1310 g/mol. The smallest absolute Gasteiger partial charge is 0.187 e. The molecule has 30 aliphatic heterocycles. The van der Waals surface area contributed by atoms with E-state index in [-0.39, 0.29) is 0 Å². The summed E-state index contributed by atoms with van der Waals surface area (Å²) in [4.78, 5) is 11.7. The Balaban J connectivity index is 0.981. The van der Waals surface area contributed by atoms with Gasteiger partial charge in [-0.3, -0.25) is 0 Å². The SMILES string of the molecule is O=NCC1OC2OC3C(CO)OC(OC4C(CO)OC(OC5C(CO)OC(OC6C(CO)OC(OC7C(CO)OC(OC8C(CO)OC(OC9C(CO)OC(OC1C(O)C2O)C(O)C9O)C(O)C8O)C(O)C7O)C(O)C6O)C(O)C5O)C(O)C4O)C(O)C3O. The highest BCUT2D eigenvalue weighted by molar-refractivity contribution is 5.02. The van der Waals surface area contributed by atoms with Crippen molar-refractivity contribution in [3.63, 3.8) is 0 Å². The van der Waals surface area contributed by atoms with E-state index in [0.717, 1.165) is 0 Å². The van der Waals surface area contributed by atoms with E-state index >= 15 is 0 Å². The van der Waals surface area contributed by atoms with Gasteiger partial charge in [0.1, 0.15) is 202 Å². The summed E-state index contributed by atoms with van der Waals surface area (Å²) < 4.78 is 91.1. The summed E-state index contributed by atoms with van der Waals surface area (Å²) in [5.41, 5.74) is 0. The molecule has 30 heterocycles. The summed E-state index contributed by atoms with van der Waals surface area (Å²) in [6.07, 6.45) is -82.6. The van der Waals surface area contributed by atoms with Crippen molar-refractivity contribution >= 4 is 0 Å². The van der Waals surface area contributed by atoms with Crippen LogP contribution in [0.1, 0.15) is 0 Å². The van der Waals surface area contributed by atoms with E-state index in [1.54, 1.807) is 0 Å². The summed E-state index contributed by atoms with van der Waals surface area (Å²) in [6, 6.07) is 0. The zero-order valence-corrected chi connectivity index (χ0v) is 46.4. The fraction of sp³-hybridized carbons (Fsp3) is 1.00. The van der Waals surface area contributed by atoms with Crippen LogP contribution in [0.5, 0.6) is 0 Å². The molecule has 0 saturated carbocycles. The van der Waals surface area contributed by atoms with Gasteiger partial charge < -0.3 is 193 Å². The number of aliphatic hydroxyl groups excluding tert-OH is 23. The number of hydrogen-bond donors (Lipinski definition) is 23. The molecular formula is C48H79NO40. The lowest BCUT2D eigenvalue weighted by atomic mass is 9.94. The van der Waals surface area contributed by atoms with Gasteiger partial charge in [-0.1, -0.05) is 5.18 Å². The molecule has 23 N–H and O–H groups in total. The van der Waals surface area contributed by atoms with Crippen LogP contribution in [0.4, 0.5) is 0 Å². The maximum absolute atomic E-state index is 11.7. The summed E-state index contributed by atoms with van der Waals surface area (Å²) >= 11 is 0. The molecule has 516 valence electrons. The minimum atomic E-state index is -2.28. The first-order valence-electron chi connectivity index (χ1n) is 28.3. The number of nitroso groups, excluding NO2 is 1. The quantitative estimate of drug-likeness (QED) is 0.0953. The van der Waals surface area contributed by atoms with E-state index in [1.165, 1.54) is 0 Å². The highest BCUT2D eigenvalue weighted by atomic mass is 16.8. The van der Waals surface area contributed by atoms with E-state index in [1.807, 2.05) is 0 Å². The van der Waals surface area contributed by atoms with Crippen molar-refractivity contribution in [1.82, 2.24) is 0 Å². The Hall–Kier alpha value is -1.96. The van der Waals surface area contributed by atoms with E-state index in [9.17, 15) is 122 Å². The van der Waals surface area contributed by atoms with Crippen molar-refractivity contribution in [3.05, 3.63) is 4.91 Å². The fourth-order valence-electron chi connectivity index (χ4n) is 12.0. The minimum Gasteiger partial charge on any atom is -0.394 e. The van der Waals surface area contributed by atoms with Gasteiger partial charge in [0.05, 0.1) is 46.2 Å². The molecule has 30 aliphatic rings. The Morgan fingerprint density at radius 3 is 0.438 bits per heavy atom. The lowest BCUT2D eigenvalue weighted by Crippen LogP contribution is -2.69. The zero-order chi connectivity index (χ0) is 64.8. The van der Waals surface area contributed by atoms with Gasteiger partial charge in [0.2, 0.25) is 0 Å². The van der Waals surface area contributed by atoms with E-state index in [2.05, 4.69) is 5.18 Å². The molecule has 16 bridgehead atoms. The predicted octanol–water partition coefficient (Wildman–Crippen LogP) is -16.6. The third-order valence-electron chi connectivity index (χ3n) is 17.0. The predicted molar refractivity (Wildman–Crippen MR) is 265 cm³/mol. The second-order valence-electron chi connectivity index (χ2n) is 22.6. The number of ether oxygens (including phenoxy) is 16. The Morgan fingerprint density at radius 1 is 0.191 bits per heavy atom. The van der Waals surface area contributed by atoms with Gasteiger partial charge in [-0.25, -0.2) is 0 Å². The highest BCUT2D eigenvalue weighted by Crippen LogP contribution is 2.40. The molecule has 0 radical (unpaired) electrons. The molecule has 40 unspecified atom stereocenters. The van der Waals surface area contributed by atoms with Crippen molar-refractivity contribution in [3.8, 4) is 0 Å². The molecule has 41 heteroatoms. The van der Waals surface area contributed by atoms with Crippen molar-refractivity contribution in [2.45, 2.75) is 246 Å². The van der Waals surface area contributed by atoms with Crippen LogP contribution < -0.4 is 0 Å². The van der Waals surface area contributed by atoms with Crippen LogP contribution in [0, 0.1) is 4.91 Å². The molecule has 0 aromatic carbocycles. The van der Waals surface area contributed by atoms with Gasteiger partial charge in [-0.2, -0.15) is 4.91 Å². The molecule has 0 aromatic rings. The third-order valence-corrected chi connectivity index (χ3v) is 17.0. The molecule has 41 nitrogen and oxygen atoms in total. The summed E-state index contributed by atoms with van der Waals surface area (Å²) in [5.74, 6) is 0. The maximum atomic E-state index is 11.7. The van der Waals surface area contributed by atoms with Crippen LogP contribution in [-0.4, -0.2) is 416 Å². The Bertz CT molecular complexity index is 2190. The van der Waals surface area contributed by atoms with Gasteiger partial charge in [-0.05, 0) is 0 Å². The second-order valence-corrected chi connectivity index (χ2v) is 22.6.